The van der Waals surface area contributed by atoms with Crippen molar-refractivity contribution in [3.63, 3.8) is 0 Å². The summed E-state index contributed by atoms with van der Waals surface area (Å²) in [6.45, 7) is 7.11. The number of esters is 1. The van der Waals surface area contributed by atoms with Crippen molar-refractivity contribution in [1.29, 1.82) is 5.41 Å². The highest BCUT2D eigenvalue weighted by atomic mass is 16.5. The predicted molar refractivity (Wildman–Crippen MR) is 43.8 cm³/mol. The molecule has 0 aromatic heterocycles. The quantitative estimate of drug-likeness (QED) is 0.500. The molecule has 0 fully saturated rings. The lowest BCUT2D eigenvalue weighted by molar-refractivity contribution is -0.149. The summed E-state index contributed by atoms with van der Waals surface area (Å²) in [5.74, 6) is -0.326. The lowest BCUT2D eigenvalue weighted by Crippen LogP contribution is -2.32. The monoisotopic (exact) mass is 157 g/mol. The van der Waals surface area contributed by atoms with Crippen LogP contribution in [0.3, 0.4) is 0 Å². The van der Waals surface area contributed by atoms with E-state index < -0.39 is 5.41 Å². The fraction of sp³-hybridized carbons (Fsp3) is 0.750. The SMILES string of the molecule is CCOC(=O)C(C)(C)C(C)=N. The Balaban J connectivity index is 4.30. The fourth-order valence-electron chi connectivity index (χ4n) is 0.465. The van der Waals surface area contributed by atoms with Crippen molar-refractivity contribution in [3.8, 4) is 0 Å². The Bertz CT molecular complexity index is 173. The van der Waals surface area contributed by atoms with Gasteiger partial charge >= 0.3 is 5.97 Å². The molecule has 0 saturated carbocycles. The van der Waals surface area contributed by atoms with Gasteiger partial charge in [-0.1, -0.05) is 0 Å². The summed E-state index contributed by atoms with van der Waals surface area (Å²) in [6.07, 6.45) is 0. The number of hydrogen-bond acceptors (Lipinski definition) is 3. The van der Waals surface area contributed by atoms with Crippen LogP contribution in [0.15, 0.2) is 0 Å². The van der Waals surface area contributed by atoms with E-state index in [9.17, 15) is 4.79 Å². The smallest absolute Gasteiger partial charge is 0.317 e. The van der Waals surface area contributed by atoms with Crippen LogP contribution in [0.25, 0.3) is 0 Å². The molecule has 0 radical (unpaired) electrons. The van der Waals surface area contributed by atoms with Crippen LogP contribution in [0.2, 0.25) is 0 Å². The third-order valence-corrected chi connectivity index (χ3v) is 1.72. The standard InChI is InChI=1S/C8H15NO2/c1-5-11-7(10)8(3,4)6(2)9/h9H,5H2,1-4H3. The summed E-state index contributed by atoms with van der Waals surface area (Å²) < 4.78 is 4.79. The van der Waals surface area contributed by atoms with Crippen molar-refractivity contribution < 1.29 is 9.53 Å². The Kier molecular flexibility index (Phi) is 3.23. The Morgan fingerprint density at radius 2 is 2.00 bits per heavy atom. The summed E-state index contributed by atoms with van der Waals surface area (Å²) in [5, 5.41) is 7.31. The summed E-state index contributed by atoms with van der Waals surface area (Å²) >= 11 is 0. The van der Waals surface area contributed by atoms with E-state index >= 15 is 0 Å². The van der Waals surface area contributed by atoms with Crippen LogP contribution in [0.4, 0.5) is 0 Å². The third kappa shape index (κ3) is 2.33. The summed E-state index contributed by atoms with van der Waals surface area (Å²) in [4.78, 5) is 11.1. The second-order valence-electron chi connectivity index (χ2n) is 2.97. The minimum absolute atomic E-state index is 0.326. The zero-order valence-corrected chi connectivity index (χ0v) is 7.52. The van der Waals surface area contributed by atoms with Gasteiger partial charge in [-0.15, -0.1) is 0 Å². The summed E-state index contributed by atoms with van der Waals surface area (Å²) in [5.41, 5.74) is -0.438. The molecule has 0 saturated heterocycles. The van der Waals surface area contributed by atoms with Gasteiger partial charge in [0.15, 0.2) is 0 Å². The van der Waals surface area contributed by atoms with Gasteiger partial charge in [-0.2, -0.15) is 0 Å². The molecule has 1 N–H and O–H groups in total. The predicted octanol–water partition coefficient (Wildman–Crippen LogP) is 1.62. The first-order chi connectivity index (χ1) is 4.92. The van der Waals surface area contributed by atoms with Crippen molar-refractivity contribution in [3.05, 3.63) is 0 Å². The van der Waals surface area contributed by atoms with E-state index in [-0.39, 0.29) is 5.97 Å². The molecule has 0 bridgehead atoms. The van der Waals surface area contributed by atoms with Crippen molar-refractivity contribution in [2.75, 3.05) is 6.61 Å². The zero-order chi connectivity index (χ0) is 9.07. The molecule has 3 heteroatoms. The molecule has 3 nitrogen and oxygen atoms in total. The van der Waals surface area contributed by atoms with Crippen molar-refractivity contribution in [2.24, 2.45) is 5.41 Å². The van der Waals surface area contributed by atoms with Crippen molar-refractivity contribution in [1.82, 2.24) is 0 Å². The highest BCUT2D eigenvalue weighted by Gasteiger charge is 2.31. The van der Waals surface area contributed by atoms with E-state index in [2.05, 4.69) is 0 Å². The van der Waals surface area contributed by atoms with Gasteiger partial charge in [0.25, 0.3) is 0 Å². The van der Waals surface area contributed by atoms with E-state index in [1.165, 1.54) is 0 Å². The molecule has 0 rings (SSSR count). The second-order valence-corrected chi connectivity index (χ2v) is 2.97. The minimum atomic E-state index is -0.768. The van der Waals surface area contributed by atoms with Gasteiger partial charge in [0.2, 0.25) is 0 Å². The third-order valence-electron chi connectivity index (χ3n) is 1.72. The maximum absolute atomic E-state index is 11.1. The molecule has 0 aromatic rings. The van der Waals surface area contributed by atoms with Crippen LogP contribution in [-0.4, -0.2) is 18.3 Å². The zero-order valence-electron chi connectivity index (χ0n) is 7.52. The van der Waals surface area contributed by atoms with Crippen LogP contribution in [0.1, 0.15) is 27.7 Å². The Morgan fingerprint density at radius 3 is 2.27 bits per heavy atom. The van der Waals surface area contributed by atoms with Crippen LogP contribution < -0.4 is 0 Å². The molecule has 0 atom stereocenters. The molecule has 0 heterocycles. The molecule has 0 aromatic carbocycles. The average Bonchev–Trinajstić information content (AvgIpc) is 1.88. The molecule has 0 amide bonds. The molecular formula is C8H15NO2. The van der Waals surface area contributed by atoms with E-state index in [1.54, 1.807) is 27.7 Å². The minimum Gasteiger partial charge on any atom is -0.465 e. The fourth-order valence-corrected chi connectivity index (χ4v) is 0.465. The highest BCUT2D eigenvalue weighted by molar-refractivity contribution is 6.03. The van der Waals surface area contributed by atoms with Gasteiger partial charge in [-0.3, -0.25) is 4.79 Å². The van der Waals surface area contributed by atoms with Crippen LogP contribution >= 0.6 is 0 Å². The average molecular weight is 157 g/mol. The summed E-state index contributed by atoms with van der Waals surface area (Å²) in [6, 6.07) is 0. The molecule has 0 unspecified atom stereocenters. The van der Waals surface area contributed by atoms with Gasteiger partial charge in [0, 0.05) is 5.71 Å². The largest absolute Gasteiger partial charge is 0.465 e. The highest BCUT2D eigenvalue weighted by Crippen LogP contribution is 2.18. The number of rotatable bonds is 3. The van der Waals surface area contributed by atoms with Gasteiger partial charge in [-0.25, -0.2) is 0 Å². The lowest BCUT2D eigenvalue weighted by Gasteiger charge is -2.20. The Morgan fingerprint density at radius 1 is 1.55 bits per heavy atom. The van der Waals surface area contributed by atoms with Crippen molar-refractivity contribution in [2.45, 2.75) is 27.7 Å². The van der Waals surface area contributed by atoms with Crippen molar-refractivity contribution >= 4 is 11.7 Å². The van der Waals surface area contributed by atoms with E-state index in [0.717, 1.165) is 0 Å². The van der Waals surface area contributed by atoms with Gasteiger partial charge in [-0.05, 0) is 27.7 Å². The molecule has 0 aliphatic carbocycles. The van der Waals surface area contributed by atoms with Crippen LogP contribution in [0.5, 0.6) is 0 Å². The molecule has 11 heavy (non-hydrogen) atoms. The van der Waals surface area contributed by atoms with E-state index in [0.29, 0.717) is 12.3 Å². The number of nitrogens with one attached hydrogen (secondary N) is 1. The first-order valence-corrected chi connectivity index (χ1v) is 3.65. The lowest BCUT2D eigenvalue weighted by atomic mass is 9.88. The first-order valence-electron chi connectivity index (χ1n) is 3.65. The second kappa shape index (κ2) is 3.51. The van der Waals surface area contributed by atoms with E-state index in [4.69, 9.17) is 10.1 Å². The summed E-state index contributed by atoms with van der Waals surface area (Å²) in [7, 11) is 0. The normalized spacial score (nSPS) is 10.9. The number of ether oxygens (including phenoxy) is 1. The maximum atomic E-state index is 11.1. The Hall–Kier alpha value is -0.860. The molecule has 64 valence electrons. The molecular weight excluding hydrogens is 142 g/mol. The number of carbonyl (C=O) groups excluding carboxylic acids is 1. The van der Waals surface area contributed by atoms with Gasteiger partial charge < -0.3 is 10.1 Å². The number of carbonyl (C=O) groups is 1. The molecule has 0 aliphatic rings. The maximum Gasteiger partial charge on any atom is 0.317 e. The first kappa shape index (κ1) is 10.1. The van der Waals surface area contributed by atoms with Gasteiger partial charge in [0.05, 0.1) is 12.0 Å². The molecule has 0 spiro atoms. The van der Waals surface area contributed by atoms with Crippen LogP contribution in [-0.2, 0) is 9.53 Å². The Labute approximate surface area is 67.3 Å². The molecule has 0 aliphatic heterocycles. The van der Waals surface area contributed by atoms with Gasteiger partial charge in [0.1, 0.15) is 0 Å². The van der Waals surface area contributed by atoms with Crippen LogP contribution in [0, 0.1) is 10.8 Å². The topological polar surface area (TPSA) is 50.2 Å². The number of hydrogen-bond donors (Lipinski definition) is 1. The van der Waals surface area contributed by atoms with E-state index in [1.807, 2.05) is 0 Å².